The van der Waals surface area contributed by atoms with Gasteiger partial charge in [-0.3, -0.25) is 0 Å². The molecule has 2 heterocycles. The molecule has 0 aromatic carbocycles. The lowest BCUT2D eigenvalue weighted by Crippen LogP contribution is -2.49. The number of nitrogens with zero attached hydrogens (tertiary/aromatic N) is 1. The van der Waals surface area contributed by atoms with E-state index in [9.17, 15) is 0 Å². The van der Waals surface area contributed by atoms with Crippen LogP contribution in [0.15, 0.2) is 11.4 Å². The van der Waals surface area contributed by atoms with E-state index in [2.05, 4.69) is 28.6 Å². The van der Waals surface area contributed by atoms with E-state index in [1.165, 1.54) is 31.2 Å². The first-order valence-corrected chi connectivity index (χ1v) is 9.14. The van der Waals surface area contributed by atoms with Crippen molar-refractivity contribution >= 4 is 28.7 Å². The maximum absolute atomic E-state index is 5.72. The number of nitrogens with one attached hydrogen (secondary N) is 1. The van der Waals surface area contributed by atoms with Gasteiger partial charge in [0, 0.05) is 17.5 Å². The number of thiocarbonyl (C=S) groups is 1. The molecule has 2 saturated carbocycles. The fourth-order valence-corrected chi connectivity index (χ4v) is 5.81. The van der Waals surface area contributed by atoms with E-state index >= 15 is 0 Å². The van der Waals surface area contributed by atoms with Gasteiger partial charge in [-0.2, -0.15) is 0 Å². The summed E-state index contributed by atoms with van der Waals surface area (Å²) in [5.41, 5.74) is 1.48. The Morgan fingerprint density at radius 3 is 3.05 bits per heavy atom. The van der Waals surface area contributed by atoms with Crippen LogP contribution in [0.5, 0.6) is 0 Å². The van der Waals surface area contributed by atoms with Crippen molar-refractivity contribution in [1.82, 2.24) is 10.2 Å². The lowest BCUT2D eigenvalue weighted by Gasteiger charge is -2.37. The highest BCUT2D eigenvalue weighted by Gasteiger charge is 2.40. The minimum Gasteiger partial charge on any atom is -0.360 e. The van der Waals surface area contributed by atoms with Crippen molar-refractivity contribution in [3.05, 3.63) is 21.9 Å². The summed E-state index contributed by atoms with van der Waals surface area (Å²) in [7, 11) is 0. The molecule has 3 aliphatic rings. The van der Waals surface area contributed by atoms with Gasteiger partial charge >= 0.3 is 0 Å². The Balaban J connectivity index is 1.44. The van der Waals surface area contributed by atoms with Crippen LogP contribution in [-0.2, 0) is 6.42 Å². The maximum Gasteiger partial charge on any atom is 0.169 e. The molecule has 0 amide bonds. The Kier molecular flexibility index (Phi) is 3.26. The third-order valence-corrected chi connectivity index (χ3v) is 6.93. The summed E-state index contributed by atoms with van der Waals surface area (Å²) >= 11 is 7.62. The van der Waals surface area contributed by atoms with Crippen LogP contribution in [0, 0.1) is 11.8 Å². The van der Waals surface area contributed by atoms with E-state index in [1.807, 2.05) is 11.3 Å². The third kappa shape index (κ3) is 2.08. The fourth-order valence-electron chi connectivity index (χ4n) is 4.45. The molecule has 1 N–H and O–H groups in total. The van der Waals surface area contributed by atoms with Crippen LogP contribution in [0.1, 0.15) is 49.1 Å². The molecule has 0 spiro atoms. The topological polar surface area (TPSA) is 15.3 Å². The zero-order valence-electron chi connectivity index (χ0n) is 12.0. The first-order chi connectivity index (χ1) is 9.72. The summed E-state index contributed by atoms with van der Waals surface area (Å²) in [6, 6.07) is 3.36. The molecule has 0 radical (unpaired) electrons. The summed E-state index contributed by atoms with van der Waals surface area (Å²) in [6.07, 6.45) is 6.79. The monoisotopic (exact) mass is 306 g/mol. The zero-order chi connectivity index (χ0) is 13.7. The summed E-state index contributed by atoms with van der Waals surface area (Å²) in [5.74, 6) is 1.86. The summed E-state index contributed by atoms with van der Waals surface area (Å²) in [5, 5.41) is 6.91. The Bertz CT molecular complexity index is 524. The van der Waals surface area contributed by atoms with E-state index in [1.54, 1.807) is 4.88 Å². The Hall–Kier alpha value is -0.610. The Morgan fingerprint density at radius 1 is 1.40 bits per heavy atom. The highest BCUT2D eigenvalue weighted by Crippen LogP contribution is 2.44. The molecule has 2 aliphatic carbocycles. The standard InChI is InChI=1S/C16H22N2S2/c1-10-13-5-7-20-15(13)4-6-18(10)16(19)17-14-9-11-2-3-12(14)8-11/h5,7,10-12,14H,2-4,6,8-9H2,1H3,(H,17,19)/t10-,11+,12+,14-/m1/s1. The van der Waals surface area contributed by atoms with E-state index in [4.69, 9.17) is 12.2 Å². The largest absolute Gasteiger partial charge is 0.360 e. The predicted octanol–water partition coefficient (Wildman–Crippen LogP) is 3.73. The maximum atomic E-state index is 5.72. The molecule has 4 rings (SSSR count). The molecular formula is C16H22N2S2. The Morgan fingerprint density at radius 2 is 2.30 bits per heavy atom. The molecule has 2 fully saturated rings. The van der Waals surface area contributed by atoms with Crippen molar-refractivity contribution in [2.24, 2.45) is 11.8 Å². The summed E-state index contributed by atoms with van der Waals surface area (Å²) in [6.45, 7) is 3.36. The number of rotatable bonds is 1. The predicted molar refractivity (Wildman–Crippen MR) is 88.1 cm³/mol. The van der Waals surface area contributed by atoms with Gasteiger partial charge in [0.25, 0.3) is 0 Å². The smallest absolute Gasteiger partial charge is 0.169 e. The van der Waals surface area contributed by atoms with Gasteiger partial charge < -0.3 is 10.2 Å². The van der Waals surface area contributed by atoms with Crippen molar-refractivity contribution in [2.75, 3.05) is 6.54 Å². The van der Waals surface area contributed by atoms with Gasteiger partial charge in [-0.1, -0.05) is 6.42 Å². The highest BCUT2D eigenvalue weighted by molar-refractivity contribution is 7.80. The lowest BCUT2D eigenvalue weighted by atomic mass is 9.95. The van der Waals surface area contributed by atoms with Crippen LogP contribution in [0.2, 0.25) is 0 Å². The second kappa shape index (κ2) is 4.99. The minimum absolute atomic E-state index is 0.434. The van der Waals surface area contributed by atoms with E-state index in [0.717, 1.165) is 29.9 Å². The average Bonchev–Trinajstić information content (AvgIpc) is 3.14. The van der Waals surface area contributed by atoms with E-state index in [-0.39, 0.29) is 0 Å². The van der Waals surface area contributed by atoms with Gasteiger partial charge in [0.1, 0.15) is 0 Å². The number of fused-ring (bicyclic) bond motifs is 3. The van der Waals surface area contributed by atoms with Crippen molar-refractivity contribution in [3.8, 4) is 0 Å². The van der Waals surface area contributed by atoms with E-state index < -0.39 is 0 Å². The molecular weight excluding hydrogens is 284 g/mol. The molecule has 2 bridgehead atoms. The lowest BCUT2D eigenvalue weighted by molar-refractivity contribution is 0.301. The minimum atomic E-state index is 0.434. The van der Waals surface area contributed by atoms with Gasteiger partial charge in [0.05, 0.1) is 6.04 Å². The quantitative estimate of drug-likeness (QED) is 0.796. The molecule has 1 aromatic heterocycles. The first kappa shape index (κ1) is 13.1. The van der Waals surface area contributed by atoms with Crippen LogP contribution in [0.4, 0.5) is 0 Å². The van der Waals surface area contributed by atoms with Gasteiger partial charge in [0.2, 0.25) is 0 Å². The second-order valence-corrected chi connectivity index (χ2v) is 8.04. The molecule has 2 nitrogen and oxygen atoms in total. The molecule has 0 saturated heterocycles. The molecule has 1 aliphatic heterocycles. The zero-order valence-corrected chi connectivity index (χ0v) is 13.6. The SMILES string of the molecule is C[C@@H]1c2ccsc2CCN1C(=S)N[C@@H]1C[C@H]2CC[C@H]1C2. The average molecular weight is 307 g/mol. The molecule has 108 valence electrons. The van der Waals surface area contributed by atoms with Gasteiger partial charge in [-0.25, -0.2) is 0 Å². The van der Waals surface area contributed by atoms with Gasteiger partial charge in [-0.05, 0) is 73.7 Å². The number of hydrogen-bond donors (Lipinski definition) is 1. The molecule has 1 aromatic rings. The van der Waals surface area contributed by atoms with Crippen LogP contribution in [0.3, 0.4) is 0 Å². The van der Waals surface area contributed by atoms with Crippen LogP contribution in [0.25, 0.3) is 0 Å². The fraction of sp³-hybridized carbons (Fsp3) is 0.688. The Labute approximate surface area is 130 Å². The molecule has 4 heteroatoms. The van der Waals surface area contributed by atoms with E-state index in [0.29, 0.717) is 12.1 Å². The molecule has 0 unspecified atom stereocenters. The van der Waals surface area contributed by atoms with Crippen LogP contribution >= 0.6 is 23.6 Å². The van der Waals surface area contributed by atoms with Gasteiger partial charge in [0.15, 0.2) is 5.11 Å². The van der Waals surface area contributed by atoms with Crippen molar-refractivity contribution in [2.45, 2.75) is 51.1 Å². The van der Waals surface area contributed by atoms with Gasteiger partial charge in [-0.15, -0.1) is 11.3 Å². The van der Waals surface area contributed by atoms with Crippen LogP contribution < -0.4 is 5.32 Å². The van der Waals surface area contributed by atoms with Crippen molar-refractivity contribution in [1.29, 1.82) is 0 Å². The summed E-state index contributed by atoms with van der Waals surface area (Å²) in [4.78, 5) is 3.95. The highest BCUT2D eigenvalue weighted by atomic mass is 32.1. The number of thiophene rings is 1. The number of hydrogen-bond acceptors (Lipinski definition) is 2. The molecule has 4 atom stereocenters. The molecule has 20 heavy (non-hydrogen) atoms. The van der Waals surface area contributed by atoms with Crippen molar-refractivity contribution in [3.63, 3.8) is 0 Å². The normalized spacial score (nSPS) is 35.1. The summed E-state index contributed by atoms with van der Waals surface area (Å²) < 4.78 is 0. The van der Waals surface area contributed by atoms with Crippen molar-refractivity contribution < 1.29 is 0 Å². The third-order valence-electron chi connectivity index (χ3n) is 5.59. The van der Waals surface area contributed by atoms with Crippen LogP contribution in [-0.4, -0.2) is 22.6 Å². The second-order valence-electron chi connectivity index (χ2n) is 6.65. The first-order valence-electron chi connectivity index (χ1n) is 7.86.